The molecule has 0 aliphatic heterocycles. The van der Waals surface area contributed by atoms with Crippen molar-refractivity contribution in [2.24, 2.45) is 0 Å². The molecule has 0 saturated heterocycles. The number of rotatable bonds is 0. The van der Waals surface area contributed by atoms with Crippen molar-refractivity contribution in [1.29, 1.82) is 10.5 Å². The van der Waals surface area contributed by atoms with Crippen molar-refractivity contribution in [2.75, 3.05) is 0 Å². The van der Waals surface area contributed by atoms with Crippen molar-refractivity contribution in [3.63, 3.8) is 0 Å². The molecule has 0 amide bonds. The van der Waals surface area contributed by atoms with Crippen LogP contribution in [0, 0.1) is 22.7 Å². The van der Waals surface area contributed by atoms with Crippen molar-refractivity contribution in [3.8, 4) is 12.1 Å². The summed E-state index contributed by atoms with van der Waals surface area (Å²) in [5.74, 6) is 0. The molecular formula is C3H2IrN2. The standard InChI is InChI=1S/C3H2N2.Ir/c4-2-1-3-5;/h1H2;. The Bertz CT molecular complexity index is 73.9. The van der Waals surface area contributed by atoms with E-state index < -0.39 is 0 Å². The summed E-state index contributed by atoms with van der Waals surface area (Å²) in [6.45, 7) is 0. The summed E-state index contributed by atoms with van der Waals surface area (Å²) < 4.78 is 0. The Morgan fingerprint density at radius 2 is 1.50 bits per heavy atom. The fraction of sp³-hybridized carbons (Fsp3) is 0.333. The molecule has 0 fully saturated rings. The topological polar surface area (TPSA) is 47.6 Å². The molecule has 0 aliphatic carbocycles. The second-order valence-electron chi connectivity index (χ2n) is 0.493. The Labute approximate surface area is 49.7 Å². The summed E-state index contributed by atoms with van der Waals surface area (Å²) in [6, 6.07) is 3.31. The van der Waals surface area contributed by atoms with Gasteiger partial charge in [0.15, 0.2) is 0 Å². The van der Waals surface area contributed by atoms with Crippen LogP contribution in [0.4, 0.5) is 0 Å². The zero-order valence-corrected chi connectivity index (χ0v) is 5.33. The van der Waals surface area contributed by atoms with Crippen LogP contribution in [0.15, 0.2) is 0 Å². The first-order chi connectivity index (χ1) is 2.41. The van der Waals surface area contributed by atoms with Crippen LogP contribution in [-0.2, 0) is 20.1 Å². The quantitative estimate of drug-likeness (QED) is 0.632. The van der Waals surface area contributed by atoms with Crippen molar-refractivity contribution in [3.05, 3.63) is 0 Å². The molecule has 0 unspecified atom stereocenters. The smallest absolute Gasteiger partial charge is 0.122 e. The van der Waals surface area contributed by atoms with E-state index in [-0.39, 0.29) is 26.5 Å². The molecule has 0 spiro atoms. The van der Waals surface area contributed by atoms with Crippen LogP contribution in [0.5, 0.6) is 0 Å². The van der Waals surface area contributed by atoms with Gasteiger partial charge in [0.25, 0.3) is 0 Å². The molecule has 0 aromatic carbocycles. The maximum absolute atomic E-state index is 7.59. The fourth-order valence-electron chi connectivity index (χ4n) is 0.0354. The number of nitriles is 2. The first kappa shape index (κ1) is 9.16. The summed E-state index contributed by atoms with van der Waals surface area (Å²) in [5, 5.41) is 15.2. The molecule has 6 heavy (non-hydrogen) atoms. The summed E-state index contributed by atoms with van der Waals surface area (Å²) >= 11 is 0. The third kappa shape index (κ3) is 9.45. The number of nitrogens with zero attached hydrogens (tertiary/aromatic N) is 2. The van der Waals surface area contributed by atoms with Crippen LogP contribution in [0.25, 0.3) is 0 Å². The monoisotopic (exact) mass is 259 g/mol. The first-order valence-electron chi connectivity index (χ1n) is 1.15. The molecule has 0 rings (SSSR count). The number of hydrogen-bond acceptors (Lipinski definition) is 2. The van der Waals surface area contributed by atoms with Gasteiger partial charge in [-0.3, -0.25) is 0 Å². The van der Waals surface area contributed by atoms with E-state index in [1.165, 1.54) is 0 Å². The minimum atomic E-state index is 0. The number of hydrogen-bond donors (Lipinski definition) is 0. The predicted molar refractivity (Wildman–Crippen MR) is 15.8 cm³/mol. The average Bonchev–Trinajstić information content (AvgIpc) is 1.41. The van der Waals surface area contributed by atoms with Gasteiger partial charge in [-0.05, 0) is 0 Å². The van der Waals surface area contributed by atoms with Gasteiger partial charge >= 0.3 is 0 Å². The van der Waals surface area contributed by atoms with Gasteiger partial charge in [-0.1, -0.05) is 0 Å². The van der Waals surface area contributed by atoms with E-state index in [9.17, 15) is 0 Å². The largest absolute Gasteiger partial charge is 0.197 e. The van der Waals surface area contributed by atoms with Crippen LogP contribution < -0.4 is 0 Å². The van der Waals surface area contributed by atoms with Crippen LogP contribution in [0.1, 0.15) is 6.42 Å². The molecule has 0 bridgehead atoms. The molecular weight excluding hydrogens is 256 g/mol. The van der Waals surface area contributed by atoms with Crippen molar-refractivity contribution < 1.29 is 20.1 Å². The third-order valence-corrected chi connectivity index (χ3v) is 0.158. The Morgan fingerprint density at radius 3 is 1.50 bits per heavy atom. The molecule has 0 N–H and O–H groups in total. The van der Waals surface area contributed by atoms with Crippen LogP contribution in [0.3, 0.4) is 0 Å². The van der Waals surface area contributed by atoms with Crippen molar-refractivity contribution in [1.82, 2.24) is 0 Å². The van der Waals surface area contributed by atoms with Crippen molar-refractivity contribution in [2.45, 2.75) is 6.42 Å². The summed E-state index contributed by atoms with van der Waals surface area (Å²) in [5.41, 5.74) is 0. The average molecular weight is 258 g/mol. The van der Waals surface area contributed by atoms with Gasteiger partial charge in [-0.2, -0.15) is 10.5 Å². The minimum absolute atomic E-state index is 0. The molecule has 3 heteroatoms. The van der Waals surface area contributed by atoms with E-state index in [0.29, 0.717) is 0 Å². The summed E-state index contributed by atoms with van der Waals surface area (Å²) in [4.78, 5) is 0. The van der Waals surface area contributed by atoms with E-state index in [0.717, 1.165) is 0 Å². The van der Waals surface area contributed by atoms with Gasteiger partial charge < -0.3 is 0 Å². The van der Waals surface area contributed by atoms with E-state index in [1.54, 1.807) is 12.1 Å². The van der Waals surface area contributed by atoms with E-state index in [1.807, 2.05) is 0 Å². The second-order valence-corrected chi connectivity index (χ2v) is 0.493. The minimum Gasteiger partial charge on any atom is -0.197 e. The molecule has 0 atom stereocenters. The van der Waals surface area contributed by atoms with Crippen LogP contribution in [-0.4, -0.2) is 0 Å². The van der Waals surface area contributed by atoms with E-state index in [4.69, 9.17) is 10.5 Å². The second kappa shape index (κ2) is 8.82. The van der Waals surface area contributed by atoms with Crippen LogP contribution >= 0.6 is 0 Å². The summed E-state index contributed by atoms with van der Waals surface area (Å²) in [6.07, 6.45) is 0. The fourth-order valence-corrected chi connectivity index (χ4v) is 0.0354. The molecule has 1 radical (unpaired) electrons. The zero-order chi connectivity index (χ0) is 4.12. The molecule has 33 valence electrons. The Kier molecular flexibility index (Phi) is 13.5. The van der Waals surface area contributed by atoms with Gasteiger partial charge in [-0.25, -0.2) is 0 Å². The van der Waals surface area contributed by atoms with Crippen LogP contribution in [0.2, 0.25) is 0 Å². The van der Waals surface area contributed by atoms with Gasteiger partial charge in [0.05, 0.1) is 12.1 Å². The molecule has 0 aromatic heterocycles. The maximum Gasteiger partial charge on any atom is 0.122 e. The SMILES string of the molecule is N#CCC#N.[Ir]. The van der Waals surface area contributed by atoms with Gasteiger partial charge in [0.1, 0.15) is 6.42 Å². The van der Waals surface area contributed by atoms with Crippen molar-refractivity contribution >= 4 is 0 Å². The van der Waals surface area contributed by atoms with E-state index >= 15 is 0 Å². The molecule has 0 aromatic rings. The first-order valence-corrected chi connectivity index (χ1v) is 1.15. The Hall–Kier alpha value is -0.371. The van der Waals surface area contributed by atoms with E-state index in [2.05, 4.69) is 0 Å². The molecule has 0 saturated carbocycles. The zero-order valence-electron chi connectivity index (χ0n) is 2.93. The predicted octanol–water partition coefficient (Wildman–Crippen LogP) is 0.421. The molecule has 0 heterocycles. The Morgan fingerprint density at radius 1 is 1.17 bits per heavy atom. The maximum atomic E-state index is 7.59. The Balaban J connectivity index is 0. The van der Waals surface area contributed by atoms with Gasteiger partial charge in [0.2, 0.25) is 0 Å². The molecule has 2 nitrogen and oxygen atoms in total. The normalized spacial score (nSPS) is 3.67. The van der Waals surface area contributed by atoms with Gasteiger partial charge in [-0.15, -0.1) is 0 Å². The summed E-state index contributed by atoms with van der Waals surface area (Å²) in [7, 11) is 0. The van der Waals surface area contributed by atoms with Gasteiger partial charge in [0, 0.05) is 20.1 Å². The third-order valence-electron chi connectivity index (χ3n) is 0.158. The molecule has 0 aliphatic rings.